The molecule has 7 heteroatoms. The van der Waals surface area contributed by atoms with Crippen LogP contribution in [0, 0.1) is 6.92 Å². The second-order valence-corrected chi connectivity index (χ2v) is 10.4. The summed E-state index contributed by atoms with van der Waals surface area (Å²) < 4.78 is 6.29. The van der Waals surface area contributed by atoms with E-state index in [4.69, 9.17) is 10.5 Å². The van der Waals surface area contributed by atoms with E-state index in [1.807, 2.05) is 13.8 Å². The van der Waals surface area contributed by atoms with E-state index in [9.17, 15) is 5.11 Å². The normalized spacial score (nSPS) is 21.1. The van der Waals surface area contributed by atoms with Crippen LogP contribution in [0.5, 0.6) is 0 Å². The summed E-state index contributed by atoms with van der Waals surface area (Å²) in [6.45, 7) is 19.1. The predicted molar refractivity (Wildman–Crippen MR) is 155 cm³/mol. The zero-order chi connectivity index (χ0) is 26.7. The summed E-state index contributed by atoms with van der Waals surface area (Å²) >= 11 is 3.57. The molecule has 1 aromatic carbocycles. The molecular formula is C29H47BrN4O2. The molecule has 0 bridgehead atoms. The number of nitrogens with two attached hydrogens (primary N) is 1. The Morgan fingerprint density at radius 2 is 1.89 bits per heavy atom. The first kappa shape index (κ1) is 30.4. The number of piperidine rings is 1. The molecule has 3 rings (SSSR count). The summed E-state index contributed by atoms with van der Waals surface area (Å²) in [6.07, 6.45) is 6.64. The van der Waals surface area contributed by atoms with Gasteiger partial charge in [-0.3, -0.25) is 14.7 Å². The Morgan fingerprint density at radius 1 is 1.19 bits per heavy atom. The molecule has 0 saturated carbocycles. The molecule has 3 N–H and O–H groups in total. The molecule has 1 aromatic rings. The van der Waals surface area contributed by atoms with Crippen LogP contribution in [-0.2, 0) is 11.3 Å². The fraction of sp³-hybridized carbons (Fsp3) is 0.586. The number of halogens is 1. The fourth-order valence-corrected chi connectivity index (χ4v) is 5.68. The Bertz CT molecular complexity index is 893. The highest BCUT2D eigenvalue weighted by atomic mass is 79.9. The highest BCUT2D eigenvalue weighted by Gasteiger charge is 2.33. The maximum Gasteiger partial charge on any atom is 0.120 e. The Hall–Kier alpha value is -1.80. The Morgan fingerprint density at radius 3 is 2.47 bits per heavy atom. The molecule has 6 nitrogen and oxygen atoms in total. The van der Waals surface area contributed by atoms with E-state index in [2.05, 4.69) is 69.3 Å². The van der Waals surface area contributed by atoms with Gasteiger partial charge in [0.2, 0.25) is 0 Å². The number of aliphatic hydroxyl groups excluding tert-OH is 1. The monoisotopic (exact) mass is 562 g/mol. The number of piperazine rings is 1. The highest BCUT2D eigenvalue weighted by molar-refractivity contribution is 9.10. The fourth-order valence-electron chi connectivity index (χ4n) is 5.20. The van der Waals surface area contributed by atoms with Crippen molar-refractivity contribution in [3.63, 3.8) is 0 Å². The molecule has 0 radical (unpaired) electrons. The van der Waals surface area contributed by atoms with Crippen LogP contribution >= 0.6 is 15.9 Å². The van der Waals surface area contributed by atoms with E-state index in [0.29, 0.717) is 30.0 Å². The van der Waals surface area contributed by atoms with Crippen molar-refractivity contribution in [1.82, 2.24) is 14.7 Å². The maximum absolute atomic E-state index is 10.5. The van der Waals surface area contributed by atoms with Gasteiger partial charge >= 0.3 is 0 Å². The Labute approximate surface area is 227 Å². The Balaban J connectivity index is 0.00000222. The van der Waals surface area contributed by atoms with Crippen LogP contribution in [0.2, 0.25) is 0 Å². The van der Waals surface area contributed by atoms with E-state index < -0.39 is 0 Å². The van der Waals surface area contributed by atoms with Crippen LogP contribution in [0.15, 0.2) is 58.6 Å². The van der Waals surface area contributed by atoms with Crippen molar-refractivity contribution in [3.05, 3.63) is 69.7 Å². The summed E-state index contributed by atoms with van der Waals surface area (Å²) in [4.78, 5) is 7.67. The van der Waals surface area contributed by atoms with Gasteiger partial charge in [0.05, 0.1) is 13.7 Å². The van der Waals surface area contributed by atoms with Crippen LogP contribution in [0.4, 0.5) is 0 Å². The van der Waals surface area contributed by atoms with Gasteiger partial charge in [-0.2, -0.15) is 0 Å². The molecule has 0 aliphatic carbocycles. The van der Waals surface area contributed by atoms with Crippen LogP contribution in [0.25, 0.3) is 0 Å². The lowest BCUT2D eigenvalue weighted by Crippen LogP contribution is -2.58. The number of methoxy groups -OCH3 is 1. The second kappa shape index (κ2) is 15.5. The van der Waals surface area contributed by atoms with Crippen molar-refractivity contribution < 1.29 is 9.84 Å². The van der Waals surface area contributed by atoms with Gasteiger partial charge in [-0.1, -0.05) is 49.3 Å². The first-order chi connectivity index (χ1) is 17.3. The summed E-state index contributed by atoms with van der Waals surface area (Å²) in [6, 6.07) is 7.77. The van der Waals surface area contributed by atoms with E-state index in [-0.39, 0.29) is 5.76 Å². The van der Waals surface area contributed by atoms with Gasteiger partial charge in [-0.15, -0.1) is 0 Å². The maximum atomic E-state index is 10.5. The molecule has 2 aliphatic rings. The molecule has 1 unspecified atom stereocenters. The van der Waals surface area contributed by atoms with Crippen molar-refractivity contribution in [3.8, 4) is 0 Å². The molecule has 36 heavy (non-hydrogen) atoms. The number of hydrogen-bond acceptors (Lipinski definition) is 6. The Kier molecular flexibility index (Phi) is 13.1. The minimum atomic E-state index is 0.287. The van der Waals surface area contributed by atoms with E-state index in [1.54, 1.807) is 13.2 Å². The number of aryl methyl sites for hydroxylation is 1. The largest absolute Gasteiger partial charge is 0.511 e. The number of nitrogens with zero attached hydrogens (tertiary/aromatic N) is 3. The van der Waals surface area contributed by atoms with E-state index in [0.717, 1.165) is 50.2 Å². The molecule has 0 amide bonds. The molecule has 0 spiro atoms. The smallest absolute Gasteiger partial charge is 0.120 e. The van der Waals surface area contributed by atoms with Crippen molar-refractivity contribution in [2.24, 2.45) is 5.73 Å². The third kappa shape index (κ3) is 8.65. The standard InChI is InChI=1S/C27H41BrN4O2.C2H6/c1-5-25-18-31(19-27(33)15-23(16-29)21(3)34-4)12-13-32(25)26-8-10-30(11-9-26)17-22-6-7-24(28)14-20(22)2;1-2/h6-7,14-16,25-26,33H,3,5,8-13,17-19,29H2,1-2,4H3;1-2H3/b23-16+,27-15+;. The highest BCUT2D eigenvalue weighted by Crippen LogP contribution is 2.25. The second-order valence-electron chi connectivity index (χ2n) is 9.50. The SMILES string of the molecule is C=C(OC)C(/C=C(/O)CN1CCN(C2CCN(Cc3ccc(Br)cc3C)CC2)C(CC)C1)=C/N.CC. The van der Waals surface area contributed by atoms with Gasteiger partial charge in [0, 0.05) is 54.5 Å². The number of ether oxygens (including phenoxy) is 1. The van der Waals surface area contributed by atoms with Crippen LogP contribution in [0.1, 0.15) is 51.2 Å². The van der Waals surface area contributed by atoms with Gasteiger partial charge in [0.25, 0.3) is 0 Å². The summed E-state index contributed by atoms with van der Waals surface area (Å²) in [5.41, 5.74) is 9.05. The summed E-state index contributed by atoms with van der Waals surface area (Å²) in [7, 11) is 1.55. The molecule has 2 heterocycles. The summed E-state index contributed by atoms with van der Waals surface area (Å²) in [5, 5.41) is 10.5. The van der Waals surface area contributed by atoms with E-state index in [1.165, 1.54) is 30.2 Å². The molecule has 2 fully saturated rings. The minimum absolute atomic E-state index is 0.287. The first-order valence-corrected chi connectivity index (χ1v) is 14.1. The number of aliphatic hydroxyl groups is 1. The van der Waals surface area contributed by atoms with Crippen LogP contribution < -0.4 is 5.73 Å². The summed E-state index contributed by atoms with van der Waals surface area (Å²) in [5.74, 6) is 0.738. The molecular weight excluding hydrogens is 516 g/mol. The first-order valence-electron chi connectivity index (χ1n) is 13.3. The average Bonchev–Trinajstić information content (AvgIpc) is 2.90. The quantitative estimate of drug-likeness (QED) is 0.302. The molecule has 202 valence electrons. The number of allylic oxidation sites excluding steroid dienone is 1. The predicted octanol–water partition coefficient (Wildman–Crippen LogP) is 5.59. The lowest BCUT2D eigenvalue weighted by atomic mass is 9.97. The molecule has 2 aliphatic heterocycles. The van der Waals surface area contributed by atoms with Gasteiger partial charge in [-0.05, 0) is 68.6 Å². The average molecular weight is 564 g/mol. The van der Waals surface area contributed by atoms with Crippen molar-refractivity contribution in [1.29, 1.82) is 0 Å². The molecule has 2 saturated heterocycles. The lowest BCUT2D eigenvalue weighted by Gasteiger charge is -2.47. The van der Waals surface area contributed by atoms with Crippen LogP contribution in [0.3, 0.4) is 0 Å². The zero-order valence-corrected chi connectivity index (χ0v) is 24.6. The molecule has 0 aromatic heterocycles. The van der Waals surface area contributed by atoms with Crippen molar-refractivity contribution in [2.45, 2.75) is 65.6 Å². The van der Waals surface area contributed by atoms with Gasteiger partial charge < -0.3 is 15.6 Å². The minimum Gasteiger partial charge on any atom is -0.511 e. The van der Waals surface area contributed by atoms with E-state index >= 15 is 0 Å². The van der Waals surface area contributed by atoms with Gasteiger partial charge in [-0.25, -0.2) is 0 Å². The number of hydrogen-bond donors (Lipinski definition) is 2. The van der Waals surface area contributed by atoms with Crippen molar-refractivity contribution >= 4 is 15.9 Å². The lowest BCUT2D eigenvalue weighted by molar-refractivity contribution is 0.0127. The third-order valence-corrected chi connectivity index (χ3v) is 7.76. The molecule has 1 atom stereocenters. The third-order valence-electron chi connectivity index (χ3n) is 7.26. The van der Waals surface area contributed by atoms with Gasteiger partial charge in [0.15, 0.2) is 0 Å². The number of benzene rings is 1. The van der Waals surface area contributed by atoms with Crippen molar-refractivity contribution in [2.75, 3.05) is 46.4 Å². The van der Waals surface area contributed by atoms with Crippen LogP contribution in [-0.4, -0.2) is 78.3 Å². The number of likely N-dealkylation sites (tertiary alicyclic amines) is 1. The van der Waals surface area contributed by atoms with Gasteiger partial charge in [0.1, 0.15) is 11.5 Å². The number of rotatable bonds is 9. The topological polar surface area (TPSA) is 65.2 Å². The zero-order valence-electron chi connectivity index (χ0n) is 23.0.